The zero-order valence-electron chi connectivity index (χ0n) is 12.1. The third-order valence-corrected chi connectivity index (χ3v) is 3.39. The first kappa shape index (κ1) is 16.8. The predicted octanol–water partition coefficient (Wildman–Crippen LogP) is 3.17. The topological polar surface area (TPSA) is 80.3 Å². The molecule has 122 valence electrons. The van der Waals surface area contributed by atoms with Gasteiger partial charge >= 0.3 is 12.0 Å². The zero-order valence-corrected chi connectivity index (χ0v) is 12.9. The molecule has 0 aliphatic rings. The summed E-state index contributed by atoms with van der Waals surface area (Å²) in [6, 6.07) is 2.07. The summed E-state index contributed by atoms with van der Waals surface area (Å²) in [7, 11) is 0. The van der Waals surface area contributed by atoms with Crippen LogP contribution in [0.2, 0.25) is 0 Å². The highest BCUT2D eigenvalue weighted by Crippen LogP contribution is 2.18. The van der Waals surface area contributed by atoms with Crippen molar-refractivity contribution in [3.63, 3.8) is 0 Å². The van der Waals surface area contributed by atoms with Gasteiger partial charge in [-0.2, -0.15) is 0 Å². The van der Waals surface area contributed by atoms with Crippen LogP contribution in [0.15, 0.2) is 23.6 Å². The molecule has 2 amide bonds. The van der Waals surface area contributed by atoms with Crippen LogP contribution in [0.4, 0.5) is 24.4 Å². The number of aromatic nitrogens is 1. The molecule has 9 heteroatoms. The van der Waals surface area contributed by atoms with E-state index >= 15 is 0 Å². The highest BCUT2D eigenvalue weighted by Gasteiger charge is 2.12. The number of carbonyl (C=O) groups excluding carboxylic acids is 2. The van der Waals surface area contributed by atoms with Gasteiger partial charge in [0.15, 0.2) is 5.13 Å². The van der Waals surface area contributed by atoms with E-state index in [1.807, 2.05) is 0 Å². The van der Waals surface area contributed by atoms with Crippen molar-refractivity contribution in [1.82, 2.24) is 4.98 Å². The molecule has 2 aromatic rings. The number of halogens is 2. The maximum absolute atomic E-state index is 13.4. The molecular weight excluding hydrogens is 328 g/mol. The third-order valence-electron chi connectivity index (χ3n) is 2.58. The lowest BCUT2D eigenvalue weighted by Crippen LogP contribution is -2.20. The Hall–Kier alpha value is -2.55. The third kappa shape index (κ3) is 4.99. The van der Waals surface area contributed by atoms with E-state index in [1.54, 1.807) is 12.3 Å². The maximum atomic E-state index is 13.4. The SMILES string of the molecule is CCOC(=O)Cc1csc(NC(=O)Nc2ccc(F)cc2F)n1. The fourth-order valence-electron chi connectivity index (χ4n) is 1.65. The Morgan fingerprint density at radius 1 is 1.30 bits per heavy atom. The van der Waals surface area contributed by atoms with Crippen LogP contribution in [-0.4, -0.2) is 23.6 Å². The van der Waals surface area contributed by atoms with Gasteiger partial charge in [-0.05, 0) is 19.1 Å². The molecule has 1 heterocycles. The van der Waals surface area contributed by atoms with Crippen molar-refractivity contribution in [2.45, 2.75) is 13.3 Å². The van der Waals surface area contributed by atoms with E-state index in [9.17, 15) is 18.4 Å². The van der Waals surface area contributed by atoms with E-state index in [0.29, 0.717) is 11.8 Å². The van der Waals surface area contributed by atoms with Crippen LogP contribution >= 0.6 is 11.3 Å². The summed E-state index contributed by atoms with van der Waals surface area (Å²) in [5.74, 6) is -2.04. The molecule has 2 rings (SSSR count). The molecule has 0 unspecified atom stereocenters. The molecule has 0 atom stereocenters. The Bertz CT molecular complexity index is 721. The van der Waals surface area contributed by atoms with E-state index in [-0.39, 0.29) is 23.8 Å². The second-order valence-electron chi connectivity index (χ2n) is 4.33. The highest BCUT2D eigenvalue weighted by atomic mass is 32.1. The maximum Gasteiger partial charge on any atom is 0.325 e. The summed E-state index contributed by atoms with van der Waals surface area (Å²) in [6.07, 6.45) is 0.000228. The van der Waals surface area contributed by atoms with Crippen LogP contribution in [0, 0.1) is 11.6 Å². The Morgan fingerprint density at radius 3 is 2.78 bits per heavy atom. The molecule has 0 spiro atoms. The Balaban J connectivity index is 1.93. The number of esters is 1. The lowest BCUT2D eigenvalue weighted by atomic mass is 10.3. The number of carbonyl (C=O) groups is 2. The minimum Gasteiger partial charge on any atom is -0.466 e. The number of benzene rings is 1. The van der Waals surface area contributed by atoms with Crippen molar-refractivity contribution in [3.8, 4) is 0 Å². The molecule has 0 fully saturated rings. The van der Waals surface area contributed by atoms with Crippen LogP contribution < -0.4 is 10.6 Å². The number of nitrogens with one attached hydrogen (secondary N) is 2. The van der Waals surface area contributed by atoms with Gasteiger partial charge in [0.2, 0.25) is 0 Å². The van der Waals surface area contributed by atoms with E-state index in [2.05, 4.69) is 15.6 Å². The Labute approximate surface area is 134 Å². The summed E-state index contributed by atoms with van der Waals surface area (Å²) < 4.78 is 31.0. The standard InChI is InChI=1S/C14H13F2N3O3S/c1-2-22-12(20)6-9-7-23-14(17-9)19-13(21)18-11-4-3-8(15)5-10(11)16/h3-5,7H,2,6H2,1H3,(H2,17,18,19,21). The molecule has 1 aromatic heterocycles. The smallest absolute Gasteiger partial charge is 0.325 e. The summed E-state index contributed by atoms with van der Waals surface area (Å²) in [5, 5.41) is 6.48. The Kier molecular flexibility index (Phi) is 5.58. The molecule has 23 heavy (non-hydrogen) atoms. The summed E-state index contributed by atoms with van der Waals surface area (Å²) >= 11 is 1.11. The first-order chi connectivity index (χ1) is 11.0. The van der Waals surface area contributed by atoms with Crippen molar-refractivity contribution in [2.75, 3.05) is 17.2 Å². The number of hydrogen-bond donors (Lipinski definition) is 2. The van der Waals surface area contributed by atoms with Gasteiger partial charge < -0.3 is 10.1 Å². The van der Waals surface area contributed by atoms with Gasteiger partial charge in [-0.1, -0.05) is 0 Å². The monoisotopic (exact) mass is 341 g/mol. The molecule has 0 aliphatic heterocycles. The van der Waals surface area contributed by atoms with Crippen LogP contribution in [0.5, 0.6) is 0 Å². The first-order valence-corrected chi connectivity index (χ1v) is 7.49. The van der Waals surface area contributed by atoms with E-state index < -0.39 is 23.6 Å². The van der Waals surface area contributed by atoms with Crippen LogP contribution in [0.25, 0.3) is 0 Å². The fraction of sp³-hybridized carbons (Fsp3) is 0.214. The number of ether oxygens (including phenoxy) is 1. The normalized spacial score (nSPS) is 10.2. The van der Waals surface area contributed by atoms with Gasteiger partial charge in [0.1, 0.15) is 11.6 Å². The molecule has 0 saturated heterocycles. The van der Waals surface area contributed by atoms with Crippen molar-refractivity contribution in [2.24, 2.45) is 0 Å². The average molecular weight is 341 g/mol. The number of rotatable bonds is 5. The zero-order chi connectivity index (χ0) is 16.8. The first-order valence-electron chi connectivity index (χ1n) is 6.61. The average Bonchev–Trinajstić information content (AvgIpc) is 2.89. The molecule has 1 aromatic carbocycles. The summed E-state index contributed by atoms with van der Waals surface area (Å²) in [6.45, 7) is 1.98. The molecule has 0 bridgehead atoms. The number of amides is 2. The van der Waals surface area contributed by atoms with Gasteiger partial charge in [0.05, 0.1) is 24.4 Å². The molecule has 2 N–H and O–H groups in total. The molecular formula is C14H13F2N3O3S. The number of urea groups is 1. The lowest BCUT2D eigenvalue weighted by Gasteiger charge is -2.06. The number of thiazole rings is 1. The molecule has 0 radical (unpaired) electrons. The van der Waals surface area contributed by atoms with Crippen molar-refractivity contribution in [3.05, 3.63) is 40.9 Å². The largest absolute Gasteiger partial charge is 0.466 e. The van der Waals surface area contributed by atoms with E-state index in [4.69, 9.17) is 4.74 Å². The second-order valence-corrected chi connectivity index (χ2v) is 5.19. The van der Waals surface area contributed by atoms with Crippen molar-refractivity contribution >= 4 is 34.2 Å². The van der Waals surface area contributed by atoms with Crippen molar-refractivity contribution < 1.29 is 23.1 Å². The van der Waals surface area contributed by atoms with Gasteiger partial charge in [-0.3, -0.25) is 10.1 Å². The Morgan fingerprint density at radius 2 is 2.09 bits per heavy atom. The van der Waals surface area contributed by atoms with Crippen LogP contribution in [-0.2, 0) is 16.0 Å². The minimum absolute atomic E-state index is 0.000228. The van der Waals surface area contributed by atoms with Crippen LogP contribution in [0.3, 0.4) is 0 Å². The second kappa shape index (κ2) is 7.63. The summed E-state index contributed by atoms with van der Waals surface area (Å²) in [5.41, 5.74) is 0.295. The molecule has 0 saturated carbocycles. The number of hydrogen-bond acceptors (Lipinski definition) is 5. The number of nitrogens with zero attached hydrogens (tertiary/aromatic N) is 1. The van der Waals surface area contributed by atoms with Gasteiger partial charge in [-0.25, -0.2) is 18.6 Å². The predicted molar refractivity (Wildman–Crippen MR) is 81.5 cm³/mol. The van der Waals surface area contributed by atoms with Gasteiger partial charge in [-0.15, -0.1) is 11.3 Å². The molecule has 6 nitrogen and oxygen atoms in total. The van der Waals surface area contributed by atoms with Crippen LogP contribution in [0.1, 0.15) is 12.6 Å². The van der Waals surface area contributed by atoms with Gasteiger partial charge in [0.25, 0.3) is 0 Å². The lowest BCUT2D eigenvalue weighted by molar-refractivity contribution is -0.142. The highest BCUT2D eigenvalue weighted by molar-refractivity contribution is 7.13. The summed E-state index contributed by atoms with van der Waals surface area (Å²) in [4.78, 5) is 27.1. The van der Waals surface area contributed by atoms with E-state index in [0.717, 1.165) is 23.5 Å². The van der Waals surface area contributed by atoms with Gasteiger partial charge in [0, 0.05) is 11.4 Å². The quantitative estimate of drug-likeness (QED) is 0.819. The van der Waals surface area contributed by atoms with E-state index in [1.165, 1.54) is 0 Å². The van der Waals surface area contributed by atoms with Crippen molar-refractivity contribution in [1.29, 1.82) is 0 Å². The fourth-order valence-corrected chi connectivity index (χ4v) is 2.35. The number of anilines is 2. The molecule has 0 aliphatic carbocycles. The minimum atomic E-state index is -0.887.